The molecule has 0 amide bonds. The van der Waals surface area contributed by atoms with Crippen molar-refractivity contribution < 1.29 is 9.31 Å². The average Bonchev–Trinajstić information content (AvgIpc) is 2.77. The van der Waals surface area contributed by atoms with Crippen molar-refractivity contribution >= 4 is 5.71 Å². The van der Waals surface area contributed by atoms with E-state index in [0.29, 0.717) is 12.0 Å². The second kappa shape index (κ2) is 5.10. The van der Waals surface area contributed by atoms with Gasteiger partial charge in [0.05, 0.1) is 11.7 Å². The van der Waals surface area contributed by atoms with Gasteiger partial charge in [0.15, 0.2) is 0 Å². The monoisotopic (exact) mass is 284 g/mol. The van der Waals surface area contributed by atoms with E-state index in [0.717, 1.165) is 6.61 Å². The van der Waals surface area contributed by atoms with E-state index in [1.165, 1.54) is 23.3 Å². The molecule has 1 aromatic rings. The van der Waals surface area contributed by atoms with E-state index in [1.807, 2.05) is 0 Å². The summed E-state index contributed by atoms with van der Waals surface area (Å²) >= 11 is 0. The lowest BCUT2D eigenvalue weighted by atomic mass is 9.62. The van der Waals surface area contributed by atoms with Crippen molar-refractivity contribution in [1.29, 1.82) is 0 Å². The predicted octanol–water partition coefficient (Wildman–Crippen LogP) is 3.51. The number of nitrogens with zero attached hydrogens (tertiary/aromatic N) is 1. The average molecular weight is 284 g/mol. The Morgan fingerprint density at radius 1 is 1.14 bits per heavy atom. The highest BCUT2D eigenvalue weighted by molar-refractivity contribution is 6.12. The quantitative estimate of drug-likeness (QED) is 0.598. The van der Waals surface area contributed by atoms with Crippen LogP contribution in [0.15, 0.2) is 41.5 Å². The Labute approximate surface area is 128 Å². The summed E-state index contributed by atoms with van der Waals surface area (Å²) in [6.45, 7) is 7.88. The van der Waals surface area contributed by atoms with Crippen molar-refractivity contribution in [2.45, 2.75) is 33.3 Å². The van der Waals surface area contributed by atoms with Gasteiger partial charge in [-0.1, -0.05) is 39.0 Å². The molecule has 2 heteroatoms. The molecule has 0 spiro atoms. The van der Waals surface area contributed by atoms with Crippen LogP contribution in [0.1, 0.15) is 32.8 Å². The SMILES string of the molecule is C[N+](C)=C(C1=C(C(C)(C)C)[C@H]2CCO[C@@H]12)c1ccccc1. The first-order chi connectivity index (χ1) is 9.91. The van der Waals surface area contributed by atoms with Crippen LogP contribution in [-0.4, -0.2) is 37.1 Å². The summed E-state index contributed by atoms with van der Waals surface area (Å²) in [5.74, 6) is 0.624. The highest BCUT2D eigenvalue weighted by atomic mass is 16.5. The largest absolute Gasteiger partial charge is 0.373 e. The molecule has 0 aromatic heterocycles. The number of ether oxygens (including phenoxy) is 1. The summed E-state index contributed by atoms with van der Waals surface area (Å²) in [6, 6.07) is 10.7. The first-order valence-corrected chi connectivity index (χ1v) is 7.87. The van der Waals surface area contributed by atoms with Gasteiger partial charge in [0.1, 0.15) is 14.1 Å². The molecular formula is C19H26NO+. The van der Waals surface area contributed by atoms with Crippen LogP contribution in [0.2, 0.25) is 0 Å². The Kier molecular flexibility index (Phi) is 3.53. The molecule has 1 fully saturated rings. The van der Waals surface area contributed by atoms with E-state index >= 15 is 0 Å². The topological polar surface area (TPSA) is 12.2 Å². The lowest BCUT2D eigenvalue weighted by Gasteiger charge is -2.42. The predicted molar refractivity (Wildman–Crippen MR) is 87.0 cm³/mol. The van der Waals surface area contributed by atoms with Gasteiger partial charge in [0, 0.05) is 18.1 Å². The van der Waals surface area contributed by atoms with E-state index in [1.54, 1.807) is 5.57 Å². The summed E-state index contributed by atoms with van der Waals surface area (Å²) < 4.78 is 8.28. The Morgan fingerprint density at radius 3 is 2.38 bits per heavy atom. The molecule has 0 unspecified atom stereocenters. The van der Waals surface area contributed by atoms with Gasteiger partial charge >= 0.3 is 0 Å². The van der Waals surface area contributed by atoms with Gasteiger partial charge in [-0.3, -0.25) is 0 Å². The summed E-state index contributed by atoms with van der Waals surface area (Å²) in [4.78, 5) is 0. The smallest absolute Gasteiger partial charge is 0.212 e. The Morgan fingerprint density at radius 2 is 1.81 bits per heavy atom. The minimum atomic E-state index is 0.209. The number of rotatable bonds is 2. The van der Waals surface area contributed by atoms with Crippen LogP contribution in [0.5, 0.6) is 0 Å². The van der Waals surface area contributed by atoms with E-state index in [-0.39, 0.29) is 5.41 Å². The van der Waals surface area contributed by atoms with Crippen molar-refractivity contribution in [3.8, 4) is 0 Å². The number of hydrogen-bond donors (Lipinski definition) is 0. The molecule has 1 heterocycles. The lowest BCUT2D eigenvalue weighted by Crippen LogP contribution is -2.43. The standard InChI is InChI=1S/C19H26NO/c1-19(2,3)16-14-11-12-21-18(14)15(16)17(20(4)5)13-9-7-6-8-10-13/h6-10,14,18H,11-12H2,1-5H3/q+1/t14-,18-/m1/s1. The summed E-state index contributed by atoms with van der Waals surface area (Å²) in [6.07, 6.45) is 1.48. The second-order valence-corrected chi connectivity index (χ2v) is 7.37. The highest BCUT2D eigenvalue weighted by Gasteiger charge is 2.51. The van der Waals surface area contributed by atoms with Crippen molar-refractivity contribution in [3.63, 3.8) is 0 Å². The Balaban J connectivity index is 2.16. The Bertz CT molecular complexity index is 600. The van der Waals surface area contributed by atoms with Gasteiger partial charge in [0.2, 0.25) is 5.71 Å². The number of fused-ring (bicyclic) bond motifs is 1. The molecule has 1 aromatic carbocycles. The zero-order valence-electron chi connectivity index (χ0n) is 13.8. The molecule has 0 saturated carbocycles. The summed E-state index contributed by atoms with van der Waals surface area (Å²) in [7, 11) is 4.27. The maximum Gasteiger partial charge on any atom is 0.212 e. The minimum absolute atomic E-state index is 0.209. The molecule has 1 saturated heterocycles. The fourth-order valence-corrected chi connectivity index (χ4v) is 3.90. The zero-order chi connectivity index (χ0) is 15.2. The van der Waals surface area contributed by atoms with Crippen LogP contribution < -0.4 is 0 Å². The van der Waals surface area contributed by atoms with Crippen LogP contribution in [0, 0.1) is 11.3 Å². The van der Waals surface area contributed by atoms with E-state index in [9.17, 15) is 0 Å². The maximum atomic E-state index is 6.04. The van der Waals surface area contributed by atoms with Crippen LogP contribution in [0.4, 0.5) is 0 Å². The molecule has 1 aliphatic heterocycles. The molecule has 1 aliphatic carbocycles. The molecule has 0 bridgehead atoms. The van der Waals surface area contributed by atoms with E-state index in [2.05, 4.69) is 69.8 Å². The van der Waals surface area contributed by atoms with E-state index in [4.69, 9.17) is 4.74 Å². The number of hydrogen-bond acceptors (Lipinski definition) is 1. The molecule has 21 heavy (non-hydrogen) atoms. The third-order valence-corrected chi connectivity index (χ3v) is 4.59. The van der Waals surface area contributed by atoms with Gasteiger partial charge in [-0.15, -0.1) is 0 Å². The molecular weight excluding hydrogens is 258 g/mol. The first kappa shape index (κ1) is 14.5. The van der Waals surface area contributed by atoms with E-state index < -0.39 is 0 Å². The molecule has 0 N–H and O–H groups in total. The van der Waals surface area contributed by atoms with Crippen molar-refractivity contribution in [1.82, 2.24) is 0 Å². The van der Waals surface area contributed by atoms with Crippen LogP contribution in [0.3, 0.4) is 0 Å². The van der Waals surface area contributed by atoms with Gasteiger partial charge in [-0.25, -0.2) is 4.58 Å². The van der Waals surface area contributed by atoms with Crippen LogP contribution in [0.25, 0.3) is 0 Å². The summed E-state index contributed by atoms with van der Waals surface area (Å²) in [5.41, 5.74) is 5.84. The van der Waals surface area contributed by atoms with Gasteiger partial charge in [-0.05, 0) is 29.5 Å². The molecule has 3 rings (SSSR count). The summed E-state index contributed by atoms with van der Waals surface area (Å²) in [5, 5.41) is 0. The molecule has 2 atom stereocenters. The van der Waals surface area contributed by atoms with Crippen molar-refractivity contribution in [3.05, 3.63) is 47.0 Å². The highest BCUT2D eigenvalue weighted by Crippen LogP contribution is 2.52. The van der Waals surface area contributed by atoms with Gasteiger partial charge in [0.25, 0.3) is 0 Å². The molecule has 112 valence electrons. The fraction of sp³-hybridized carbons (Fsp3) is 0.526. The third-order valence-electron chi connectivity index (χ3n) is 4.59. The number of benzene rings is 1. The minimum Gasteiger partial charge on any atom is -0.373 e. The molecule has 0 radical (unpaired) electrons. The zero-order valence-corrected chi connectivity index (χ0v) is 13.8. The van der Waals surface area contributed by atoms with Gasteiger partial charge in [-0.2, -0.15) is 0 Å². The normalized spacial score (nSPS) is 24.6. The second-order valence-electron chi connectivity index (χ2n) is 7.37. The van der Waals surface area contributed by atoms with Crippen molar-refractivity contribution in [2.24, 2.45) is 11.3 Å². The molecule has 2 aliphatic rings. The first-order valence-electron chi connectivity index (χ1n) is 7.87. The lowest BCUT2D eigenvalue weighted by molar-refractivity contribution is -0.463. The van der Waals surface area contributed by atoms with Crippen molar-refractivity contribution in [2.75, 3.05) is 20.7 Å². The Hall–Kier alpha value is -1.41. The maximum absolute atomic E-state index is 6.04. The van der Waals surface area contributed by atoms with Gasteiger partial charge < -0.3 is 4.74 Å². The van der Waals surface area contributed by atoms with Crippen LogP contribution in [-0.2, 0) is 4.74 Å². The molecule has 2 nitrogen and oxygen atoms in total. The van der Waals surface area contributed by atoms with Crippen LogP contribution >= 0.6 is 0 Å². The third kappa shape index (κ3) is 2.36. The fourth-order valence-electron chi connectivity index (χ4n) is 3.90.